The van der Waals surface area contributed by atoms with Crippen LogP contribution in [0.1, 0.15) is 39.2 Å². The van der Waals surface area contributed by atoms with Crippen molar-refractivity contribution in [1.29, 1.82) is 0 Å². The summed E-state index contributed by atoms with van der Waals surface area (Å²) in [4.78, 5) is 24.9. The first kappa shape index (κ1) is 18.4. The van der Waals surface area contributed by atoms with Gasteiger partial charge in [-0.15, -0.1) is 11.3 Å². The van der Waals surface area contributed by atoms with Gasteiger partial charge < -0.3 is 10.6 Å². The zero-order valence-electron chi connectivity index (χ0n) is 13.8. The molecule has 0 atom stereocenters. The van der Waals surface area contributed by atoms with Gasteiger partial charge in [0.1, 0.15) is 5.00 Å². The van der Waals surface area contributed by atoms with E-state index in [0.717, 1.165) is 40.2 Å². The molecule has 0 saturated carbocycles. The van der Waals surface area contributed by atoms with Crippen LogP contribution in [0.5, 0.6) is 0 Å². The summed E-state index contributed by atoms with van der Waals surface area (Å²) in [5.74, 6) is -2.53. The average molecular weight is 382 g/mol. The number of rotatable bonds is 4. The molecule has 2 amide bonds. The minimum Gasteiger partial charge on any atom is -0.348 e. The molecule has 1 aromatic heterocycles. The van der Waals surface area contributed by atoms with E-state index in [-0.39, 0.29) is 17.1 Å². The molecule has 2 aromatic rings. The summed E-state index contributed by atoms with van der Waals surface area (Å²) in [5, 5.41) is 4.60. The fourth-order valence-electron chi connectivity index (χ4n) is 2.93. The summed E-state index contributed by atoms with van der Waals surface area (Å²) in [6.07, 6.45) is -1.87. The van der Waals surface area contributed by atoms with E-state index in [1.165, 1.54) is 0 Å². The van der Waals surface area contributed by atoms with Gasteiger partial charge in [0.25, 0.3) is 5.91 Å². The average Bonchev–Trinajstić information content (AvgIpc) is 2.97. The second-order valence-electron chi connectivity index (χ2n) is 6.04. The minimum atomic E-state index is -5.00. The standard InChI is InChI=1S/C18H17F3N2O2S/c19-18(20,21)17(25)23-16-14(12-8-4-5-9-13(12)26-16)15(24)22-10-11-6-2-1-3-7-11/h1-3,6-7H,4-5,8-10H2,(H,22,24)(H,23,25). The van der Waals surface area contributed by atoms with Crippen molar-refractivity contribution in [3.8, 4) is 0 Å². The van der Waals surface area contributed by atoms with E-state index in [1.807, 2.05) is 35.6 Å². The second-order valence-corrected chi connectivity index (χ2v) is 7.14. The quantitative estimate of drug-likeness (QED) is 0.838. The monoisotopic (exact) mass is 382 g/mol. The van der Waals surface area contributed by atoms with Crippen LogP contribution in [-0.4, -0.2) is 18.0 Å². The Labute approximate surface area is 152 Å². The molecule has 0 fully saturated rings. The minimum absolute atomic E-state index is 0.0233. The molecule has 0 spiro atoms. The van der Waals surface area contributed by atoms with Crippen LogP contribution in [0.15, 0.2) is 30.3 Å². The lowest BCUT2D eigenvalue weighted by Gasteiger charge is -2.13. The van der Waals surface area contributed by atoms with Crippen LogP contribution >= 0.6 is 11.3 Å². The van der Waals surface area contributed by atoms with Gasteiger partial charge in [0, 0.05) is 11.4 Å². The molecule has 2 N–H and O–H groups in total. The number of aryl methyl sites for hydroxylation is 1. The smallest absolute Gasteiger partial charge is 0.348 e. The van der Waals surface area contributed by atoms with Gasteiger partial charge in [-0.3, -0.25) is 9.59 Å². The molecule has 0 bridgehead atoms. The third kappa shape index (κ3) is 4.07. The van der Waals surface area contributed by atoms with E-state index in [9.17, 15) is 22.8 Å². The predicted molar refractivity (Wildman–Crippen MR) is 93.3 cm³/mol. The van der Waals surface area contributed by atoms with Gasteiger partial charge in [-0.25, -0.2) is 0 Å². The van der Waals surface area contributed by atoms with E-state index < -0.39 is 18.0 Å². The topological polar surface area (TPSA) is 58.2 Å². The summed E-state index contributed by atoms with van der Waals surface area (Å²) < 4.78 is 37.8. The van der Waals surface area contributed by atoms with E-state index >= 15 is 0 Å². The van der Waals surface area contributed by atoms with E-state index in [1.54, 1.807) is 0 Å². The maximum Gasteiger partial charge on any atom is 0.471 e. The Morgan fingerprint density at radius 1 is 1.08 bits per heavy atom. The lowest BCUT2D eigenvalue weighted by atomic mass is 9.95. The van der Waals surface area contributed by atoms with Gasteiger partial charge in [-0.2, -0.15) is 13.2 Å². The lowest BCUT2D eigenvalue weighted by molar-refractivity contribution is -0.167. The number of fused-ring (bicyclic) bond motifs is 1. The van der Waals surface area contributed by atoms with Crippen molar-refractivity contribution in [3.05, 3.63) is 51.9 Å². The number of alkyl halides is 3. The van der Waals surface area contributed by atoms with Crippen molar-refractivity contribution in [2.45, 2.75) is 38.4 Å². The van der Waals surface area contributed by atoms with Gasteiger partial charge in [0.05, 0.1) is 5.56 Å². The van der Waals surface area contributed by atoms with Crippen LogP contribution in [0, 0.1) is 0 Å². The van der Waals surface area contributed by atoms with Crippen LogP contribution in [0.25, 0.3) is 0 Å². The van der Waals surface area contributed by atoms with Crippen molar-refractivity contribution < 1.29 is 22.8 Å². The summed E-state index contributed by atoms with van der Waals surface area (Å²) >= 11 is 1.06. The Morgan fingerprint density at radius 3 is 2.46 bits per heavy atom. The zero-order chi connectivity index (χ0) is 18.7. The number of anilines is 1. The molecule has 4 nitrogen and oxygen atoms in total. The third-order valence-corrected chi connectivity index (χ3v) is 5.39. The van der Waals surface area contributed by atoms with Crippen molar-refractivity contribution in [2.24, 2.45) is 0 Å². The van der Waals surface area contributed by atoms with Gasteiger partial charge >= 0.3 is 12.1 Å². The molecular weight excluding hydrogens is 365 g/mol. The molecule has 0 radical (unpaired) electrons. The highest BCUT2D eigenvalue weighted by Gasteiger charge is 2.40. The highest BCUT2D eigenvalue weighted by Crippen LogP contribution is 2.38. The summed E-state index contributed by atoms with van der Waals surface area (Å²) in [6.45, 7) is 0.261. The number of hydrogen-bond acceptors (Lipinski definition) is 3. The van der Waals surface area contributed by atoms with Crippen LogP contribution < -0.4 is 10.6 Å². The molecule has 0 unspecified atom stereocenters. The lowest BCUT2D eigenvalue weighted by Crippen LogP contribution is -2.31. The van der Waals surface area contributed by atoms with Gasteiger partial charge in [-0.1, -0.05) is 30.3 Å². The molecule has 1 aliphatic rings. The molecule has 138 valence electrons. The normalized spacial score (nSPS) is 13.8. The van der Waals surface area contributed by atoms with Gasteiger partial charge in [0.15, 0.2) is 0 Å². The number of hydrogen-bond donors (Lipinski definition) is 2. The first-order chi connectivity index (χ1) is 12.4. The molecule has 26 heavy (non-hydrogen) atoms. The van der Waals surface area contributed by atoms with Crippen LogP contribution in [-0.2, 0) is 24.2 Å². The highest BCUT2D eigenvalue weighted by molar-refractivity contribution is 7.17. The van der Waals surface area contributed by atoms with Gasteiger partial charge in [0.2, 0.25) is 0 Å². The number of benzene rings is 1. The molecular formula is C18H17F3N2O2S. The summed E-state index contributed by atoms with van der Waals surface area (Å²) in [5.41, 5.74) is 1.80. The number of thiophene rings is 1. The number of nitrogens with one attached hydrogen (secondary N) is 2. The zero-order valence-corrected chi connectivity index (χ0v) is 14.6. The number of carbonyl (C=O) groups excluding carboxylic acids is 2. The van der Waals surface area contributed by atoms with Crippen LogP contribution in [0.4, 0.5) is 18.2 Å². The number of amides is 2. The molecule has 3 rings (SSSR count). The second kappa shape index (κ2) is 7.49. The first-order valence-corrected chi connectivity index (χ1v) is 9.02. The number of carbonyl (C=O) groups is 2. The maximum absolute atomic E-state index is 12.7. The summed E-state index contributed by atoms with van der Waals surface area (Å²) in [6, 6.07) is 9.21. The van der Waals surface area contributed by atoms with Crippen LogP contribution in [0.2, 0.25) is 0 Å². The van der Waals surface area contributed by atoms with Crippen molar-refractivity contribution >= 4 is 28.2 Å². The van der Waals surface area contributed by atoms with Crippen molar-refractivity contribution in [2.75, 3.05) is 5.32 Å². The van der Waals surface area contributed by atoms with E-state index in [0.29, 0.717) is 12.8 Å². The maximum atomic E-state index is 12.7. The fourth-order valence-corrected chi connectivity index (χ4v) is 4.22. The Bertz CT molecular complexity index is 816. The van der Waals surface area contributed by atoms with E-state index in [4.69, 9.17) is 0 Å². The van der Waals surface area contributed by atoms with Crippen molar-refractivity contribution in [3.63, 3.8) is 0 Å². The predicted octanol–water partition coefficient (Wildman–Crippen LogP) is 4.06. The first-order valence-electron chi connectivity index (χ1n) is 8.21. The SMILES string of the molecule is O=C(NCc1ccccc1)c1c(NC(=O)C(F)(F)F)sc2c1CCCC2. The Balaban J connectivity index is 1.85. The van der Waals surface area contributed by atoms with Gasteiger partial charge in [-0.05, 0) is 36.8 Å². The largest absolute Gasteiger partial charge is 0.471 e. The fraction of sp³-hybridized carbons (Fsp3) is 0.333. The molecule has 0 saturated heterocycles. The summed E-state index contributed by atoms with van der Waals surface area (Å²) in [7, 11) is 0. The Hall–Kier alpha value is -2.35. The van der Waals surface area contributed by atoms with Crippen molar-refractivity contribution in [1.82, 2.24) is 5.32 Å². The highest BCUT2D eigenvalue weighted by atomic mass is 32.1. The molecule has 0 aliphatic heterocycles. The molecule has 1 heterocycles. The third-order valence-electron chi connectivity index (χ3n) is 4.18. The Kier molecular flexibility index (Phi) is 5.31. The number of halogens is 3. The van der Waals surface area contributed by atoms with Crippen LogP contribution in [0.3, 0.4) is 0 Å². The molecule has 1 aromatic carbocycles. The molecule has 8 heteroatoms. The van der Waals surface area contributed by atoms with E-state index in [2.05, 4.69) is 5.32 Å². The molecule has 1 aliphatic carbocycles. The Morgan fingerprint density at radius 2 is 1.77 bits per heavy atom.